The quantitative estimate of drug-likeness (QED) is 0.268. The first kappa shape index (κ1) is 27.6. The lowest BCUT2D eigenvalue weighted by atomic mass is 10.1. The Labute approximate surface area is 236 Å². The molecule has 0 spiro atoms. The molecular weight excluding hydrogens is 496 g/mol. The Bertz CT molecular complexity index is 1650. The van der Waals surface area contributed by atoms with Crippen LogP contribution in [0, 0.1) is 0 Å². The number of hydrogen-bond donors (Lipinski definition) is 2. The summed E-state index contributed by atoms with van der Waals surface area (Å²) in [6, 6.07) is 10.6. The number of esters is 1. The summed E-state index contributed by atoms with van der Waals surface area (Å²) in [5, 5.41) is 0. The zero-order chi connectivity index (χ0) is 28.2. The summed E-state index contributed by atoms with van der Waals surface area (Å²) in [4.78, 5) is 29.7. The highest BCUT2D eigenvalue weighted by molar-refractivity contribution is 5.91. The monoisotopic (exact) mass is 536 g/mol. The van der Waals surface area contributed by atoms with Crippen LogP contribution in [0.25, 0.3) is 45.4 Å². The van der Waals surface area contributed by atoms with Crippen LogP contribution in [0.4, 0.5) is 0 Å². The molecule has 5 heterocycles. The van der Waals surface area contributed by atoms with Crippen LogP contribution in [0.2, 0.25) is 0 Å². The molecule has 208 valence electrons. The maximum Gasteiger partial charge on any atom is 0.308 e. The summed E-state index contributed by atoms with van der Waals surface area (Å²) in [5.74, 6) is 0.140. The lowest BCUT2D eigenvalue weighted by Crippen LogP contribution is -2.02. The summed E-state index contributed by atoms with van der Waals surface area (Å²) in [6.07, 6.45) is 12.1. The molecule has 5 rings (SSSR count). The number of ether oxygens (including phenoxy) is 1. The van der Waals surface area contributed by atoms with Gasteiger partial charge in [-0.2, -0.15) is 0 Å². The number of carbonyl (C=O) groups excluding carboxylic acids is 1. The van der Waals surface area contributed by atoms with Gasteiger partial charge in [-0.3, -0.25) is 4.79 Å². The molecule has 0 saturated heterocycles. The highest BCUT2D eigenvalue weighted by atomic mass is 16.5. The third-order valence-corrected chi connectivity index (χ3v) is 7.40. The first-order valence-corrected chi connectivity index (χ1v) is 14.8. The van der Waals surface area contributed by atoms with Gasteiger partial charge in [0, 0.05) is 18.5 Å². The van der Waals surface area contributed by atoms with E-state index in [1.165, 1.54) is 18.1 Å². The molecule has 0 radical (unpaired) electrons. The molecule has 6 heteroatoms. The van der Waals surface area contributed by atoms with Gasteiger partial charge < -0.3 is 14.7 Å². The highest BCUT2D eigenvalue weighted by Gasteiger charge is 2.18. The molecule has 3 aromatic rings. The largest absolute Gasteiger partial charge is 0.424 e. The Morgan fingerprint density at radius 3 is 1.93 bits per heavy atom. The number of rotatable bonds is 9. The molecule has 0 atom stereocenters. The maximum absolute atomic E-state index is 12.3. The second-order valence-electron chi connectivity index (χ2n) is 10.7. The first-order valence-electron chi connectivity index (χ1n) is 14.8. The molecular formula is C34H40N4O2. The predicted molar refractivity (Wildman–Crippen MR) is 166 cm³/mol. The molecule has 6 nitrogen and oxygen atoms in total. The zero-order valence-electron chi connectivity index (χ0n) is 24.4. The van der Waals surface area contributed by atoms with E-state index in [2.05, 4.69) is 74.1 Å². The van der Waals surface area contributed by atoms with Crippen LogP contribution >= 0.6 is 0 Å². The number of H-pyrrole nitrogens is 2. The van der Waals surface area contributed by atoms with Crippen molar-refractivity contribution in [3.05, 3.63) is 64.2 Å². The molecule has 0 aromatic carbocycles. The minimum atomic E-state index is -0.356. The highest BCUT2D eigenvalue weighted by Crippen LogP contribution is 2.34. The number of aromatic nitrogens is 4. The smallest absolute Gasteiger partial charge is 0.308 e. The Balaban J connectivity index is 1.92. The molecule has 0 fully saturated rings. The van der Waals surface area contributed by atoms with Gasteiger partial charge in [-0.1, -0.05) is 53.4 Å². The number of aryl methyl sites for hydroxylation is 2. The third kappa shape index (κ3) is 5.67. The van der Waals surface area contributed by atoms with E-state index in [9.17, 15) is 4.79 Å². The van der Waals surface area contributed by atoms with Gasteiger partial charge in [0.1, 0.15) is 0 Å². The second kappa shape index (κ2) is 12.1. The molecule has 8 bridgehead atoms. The molecule has 40 heavy (non-hydrogen) atoms. The topological polar surface area (TPSA) is 83.7 Å². The fraction of sp³-hybridized carbons (Fsp3) is 0.382. The normalized spacial score (nSPS) is 12.8. The van der Waals surface area contributed by atoms with Gasteiger partial charge in [0.05, 0.1) is 39.3 Å². The summed E-state index contributed by atoms with van der Waals surface area (Å²) < 4.78 is 5.87. The molecule has 3 aromatic heterocycles. The maximum atomic E-state index is 12.3. The van der Waals surface area contributed by atoms with Gasteiger partial charge in [-0.15, -0.1) is 0 Å². The number of nitrogens with zero attached hydrogens (tertiary/aromatic N) is 2. The molecule has 2 N–H and O–H groups in total. The van der Waals surface area contributed by atoms with E-state index >= 15 is 0 Å². The van der Waals surface area contributed by atoms with E-state index < -0.39 is 0 Å². The van der Waals surface area contributed by atoms with E-state index in [1.807, 2.05) is 6.07 Å². The Morgan fingerprint density at radius 1 is 0.700 bits per heavy atom. The lowest BCUT2D eigenvalue weighted by molar-refractivity contribution is -0.131. The minimum absolute atomic E-state index is 0.356. The lowest BCUT2D eigenvalue weighted by Gasteiger charge is -2.05. The summed E-state index contributed by atoms with van der Waals surface area (Å²) in [7, 11) is 0. The average molecular weight is 537 g/mol. The number of aromatic amines is 2. The fourth-order valence-corrected chi connectivity index (χ4v) is 5.62. The molecule has 2 aliphatic rings. The summed E-state index contributed by atoms with van der Waals surface area (Å²) in [6.45, 7) is 10.2. The van der Waals surface area contributed by atoms with Crippen LogP contribution in [0.5, 0.6) is 5.75 Å². The van der Waals surface area contributed by atoms with Gasteiger partial charge >= 0.3 is 5.97 Å². The van der Waals surface area contributed by atoms with Gasteiger partial charge in [-0.25, -0.2) is 9.97 Å². The number of carbonyl (C=O) groups is 1. The number of fused-ring (bicyclic) bond motifs is 10. The number of hydrogen-bond acceptors (Lipinski definition) is 4. The van der Waals surface area contributed by atoms with Gasteiger partial charge in [0.15, 0.2) is 5.75 Å². The molecule has 0 unspecified atom stereocenters. The van der Waals surface area contributed by atoms with E-state index in [1.54, 1.807) is 0 Å². The van der Waals surface area contributed by atoms with Crippen molar-refractivity contribution < 1.29 is 9.53 Å². The molecule has 0 amide bonds. The summed E-state index contributed by atoms with van der Waals surface area (Å²) >= 11 is 0. The SMILES string of the molecule is CCCC1=Cc2nc1cc(OC(C)=O)c1[nH]c(cc1CCC)c1nc(ccc3[nH]c2cc3CCC)C(CCC)=C1. The Morgan fingerprint density at radius 2 is 1.27 bits per heavy atom. The van der Waals surface area contributed by atoms with Gasteiger partial charge in [0.25, 0.3) is 0 Å². The van der Waals surface area contributed by atoms with Crippen LogP contribution < -0.4 is 4.74 Å². The van der Waals surface area contributed by atoms with Crippen LogP contribution in [-0.4, -0.2) is 25.9 Å². The average Bonchev–Trinajstić information content (AvgIpc) is 3.69. The van der Waals surface area contributed by atoms with Crippen molar-refractivity contribution in [1.82, 2.24) is 19.9 Å². The van der Waals surface area contributed by atoms with Crippen molar-refractivity contribution in [3.63, 3.8) is 0 Å². The number of nitrogens with one attached hydrogen (secondary N) is 2. The van der Waals surface area contributed by atoms with Gasteiger partial charge in [-0.05, 0) is 84.4 Å². The Hall–Kier alpha value is -3.93. The Kier molecular flexibility index (Phi) is 8.34. The number of allylic oxidation sites excluding steroid dienone is 2. The fourth-order valence-electron chi connectivity index (χ4n) is 5.62. The van der Waals surface area contributed by atoms with E-state index in [0.717, 1.165) is 107 Å². The van der Waals surface area contributed by atoms with Crippen LogP contribution in [0.1, 0.15) is 107 Å². The predicted octanol–water partition coefficient (Wildman–Crippen LogP) is 8.83. The van der Waals surface area contributed by atoms with Crippen LogP contribution in [-0.2, 0) is 17.6 Å². The van der Waals surface area contributed by atoms with Crippen molar-refractivity contribution in [3.8, 4) is 5.75 Å². The second-order valence-corrected chi connectivity index (χ2v) is 10.7. The molecule has 0 saturated carbocycles. The van der Waals surface area contributed by atoms with Gasteiger partial charge in [0.2, 0.25) is 0 Å². The van der Waals surface area contributed by atoms with E-state index in [-0.39, 0.29) is 5.97 Å². The first-order chi connectivity index (χ1) is 19.4. The van der Waals surface area contributed by atoms with Crippen molar-refractivity contribution in [2.24, 2.45) is 0 Å². The minimum Gasteiger partial charge on any atom is -0.424 e. The van der Waals surface area contributed by atoms with Crippen molar-refractivity contribution in [2.45, 2.75) is 86.0 Å². The standard InChI is InChI=1S/C34H40N4O2/c1-6-10-22-16-29-30-18-24(12-8-3)28(37-30)20-33(40-21(5)39)34-25(13-9-4)19-32(38-34)31-17-23(11-7-2)27(36-31)15-14-26(22)35-29/h14-20,35,38H,6-13H2,1-5H3. The summed E-state index contributed by atoms with van der Waals surface area (Å²) in [5.41, 5.74) is 12.2. The molecule has 0 aliphatic carbocycles. The van der Waals surface area contributed by atoms with Crippen LogP contribution in [0.3, 0.4) is 0 Å². The molecule has 2 aliphatic heterocycles. The van der Waals surface area contributed by atoms with Crippen LogP contribution in [0.15, 0.2) is 30.3 Å². The van der Waals surface area contributed by atoms with Crippen molar-refractivity contribution in [2.75, 3.05) is 0 Å². The van der Waals surface area contributed by atoms with Crippen molar-refractivity contribution in [1.29, 1.82) is 0 Å². The van der Waals surface area contributed by atoms with E-state index in [4.69, 9.17) is 14.7 Å². The zero-order valence-corrected chi connectivity index (χ0v) is 24.4. The third-order valence-electron chi connectivity index (χ3n) is 7.40. The van der Waals surface area contributed by atoms with E-state index in [0.29, 0.717) is 5.75 Å². The van der Waals surface area contributed by atoms with Crippen molar-refractivity contribution >= 4 is 51.3 Å².